The first-order valence-electron chi connectivity index (χ1n) is 6.13. The molecule has 1 aromatic heterocycles. The third-order valence-electron chi connectivity index (χ3n) is 3.33. The highest BCUT2D eigenvalue weighted by atomic mass is 16.6. The summed E-state index contributed by atoms with van der Waals surface area (Å²) in [6.07, 6.45) is 5.74. The van der Waals surface area contributed by atoms with Gasteiger partial charge in [0.25, 0.3) is 5.91 Å². The van der Waals surface area contributed by atoms with E-state index in [0.29, 0.717) is 12.6 Å². The van der Waals surface area contributed by atoms with Crippen LogP contribution < -0.4 is 5.73 Å². The number of carbonyl (C=O) groups excluding carboxylic acids is 1. The number of nitrogens with zero attached hydrogens (tertiary/aromatic N) is 3. The van der Waals surface area contributed by atoms with Gasteiger partial charge in [-0.05, 0) is 30.1 Å². The predicted octanol–water partition coefficient (Wildman–Crippen LogP) is 1.45. The lowest BCUT2D eigenvalue weighted by Crippen LogP contribution is -2.41. The van der Waals surface area contributed by atoms with Crippen LogP contribution in [0.25, 0.3) is 0 Å². The molecule has 1 heterocycles. The van der Waals surface area contributed by atoms with Gasteiger partial charge in [-0.15, -0.1) is 0 Å². The maximum Gasteiger partial charge on any atom is 0.280 e. The summed E-state index contributed by atoms with van der Waals surface area (Å²) in [5.41, 5.74) is 5.69. The first kappa shape index (κ1) is 11.9. The predicted molar refractivity (Wildman–Crippen MR) is 62.3 cm³/mol. The van der Waals surface area contributed by atoms with Crippen molar-refractivity contribution >= 4 is 11.7 Å². The minimum atomic E-state index is -0.168. The molecule has 0 spiro atoms. The highest BCUT2D eigenvalue weighted by molar-refractivity contribution is 5.96. The van der Waals surface area contributed by atoms with Crippen LogP contribution in [0.5, 0.6) is 0 Å². The molecule has 1 amide bonds. The Labute approximate surface area is 100 Å². The van der Waals surface area contributed by atoms with Crippen LogP contribution >= 0.6 is 0 Å². The second-order valence-electron chi connectivity index (χ2n) is 4.38. The molecule has 0 bridgehead atoms. The van der Waals surface area contributed by atoms with Crippen LogP contribution in [-0.2, 0) is 0 Å². The van der Waals surface area contributed by atoms with Gasteiger partial charge in [0.05, 0.1) is 0 Å². The molecule has 1 aliphatic carbocycles. The molecule has 0 unspecified atom stereocenters. The summed E-state index contributed by atoms with van der Waals surface area (Å²) in [6.45, 7) is 2.63. The number of rotatable bonds is 3. The summed E-state index contributed by atoms with van der Waals surface area (Å²) in [7, 11) is 0. The lowest BCUT2D eigenvalue weighted by atomic mass is 9.94. The van der Waals surface area contributed by atoms with Crippen molar-refractivity contribution in [2.75, 3.05) is 12.3 Å². The number of carbonyl (C=O) groups is 1. The molecule has 17 heavy (non-hydrogen) atoms. The average Bonchev–Trinajstić information content (AvgIpc) is 2.77. The van der Waals surface area contributed by atoms with Gasteiger partial charge >= 0.3 is 0 Å². The Balaban J connectivity index is 2.12. The van der Waals surface area contributed by atoms with Crippen LogP contribution in [-0.4, -0.2) is 33.7 Å². The number of hydrogen-bond donors (Lipinski definition) is 1. The molecular formula is C11H18N4O2. The van der Waals surface area contributed by atoms with Gasteiger partial charge in [-0.2, -0.15) is 0 Å². The van der Waals surface area contributed by atoms with E-state index in [4.69, 9.17) is 5.73 Å². The van der Waals surface area contributed by atoms with E-state index in [1.54, 1.807) is 0 Å². The zero-order valence-corrected chi connectivity index (χ0v) is 10.1. The first-order valence-corrected chi connectivity index (χ1v) is 6.13. The van der Waals surface area contributed by atoms with Gasteiger partial charge in [0.2, 0.25) is 11.5 Å². The molecule has 0 saturated heterocycles. The van der Waals surface area contributed by atoms with Gasteiger partial charge in [-0.3, -0.25) is 4.79 Å². The minimum Gasteiger partial charge on any atom is -0.379 e. The Morgan fingerprint density at radius 1 is 1.41 bits per heavy atom. The third kappa shape index (κ3) is 2.40. The Kier molecular flexibility index (Phi) is 3.61. The number of anilines is 1. The normalized spacial score (nSPS) is 17.0. The second-order valence-corrected chi connectivity index (χ2v) is 4.38. The Hall–Kier alpha value is -1.59. The van der Waals surface area contributed by atoms with Crippen LogP contribution in [0.4, 0.5) is 5.82 Å². The maximum atomic E-state index is 12.2. The molecule has 1 saturated carbocycles. The summed E-state index contributed by atoms with van der Waals surface area (Å²) in [5, 5.41) is 7.02. The van der Waals surface area contributed by atoms with Crippen LogP contribution in [0.15, 0.2) is 4.63 Å². The van der Waals surface area contributed by atoms with Gasteiger partial charge in [-0.25, -0.2) is 4.63 Å². The van der Waals surface area contributed by atoms with Crippen LogP contribution in [0, 0.1) is 0 Å². The largest absolute Gasteiger partial charge is 0.379 e. The molecule has 0 radical (unpaired) electrons. The molecule has 94 valence electrons. The molecule has 2 rings (SSSR count). The highest BCUT2D eigenvalue weighted by Crippen LogP contribution is 2.24. The van der Waals surface area contributed by atoms with Crippen molar-refractivity contribution in [3.8, 4) is 0 Å². The number of aromatic nitrogens is 2. The lowest BCUT2D eigenvalue weighted by molar-refractivity contribution is 0.0637. The van der Waals surface area contributed by atoms with Gasteiger partial charge in [0.15, 0.2) is 0 Å². The van der Waals surface area contributed by atoms with E-state index in [2.05, 4.69) is 14.9 Å². The third-order valence-corrected chi connectivity index (χ3v) is 3.33. The molecule has 1 fully saturated rings. The molecule has 1 aliphatic rings. The van der Waals surface area contributed by atoms with E-state index in [9.17, 15) is 4.79 Å². The van der Waals surface area contributed by atoms with E-state index >= 15 is 0 Å². The van der Waals surface area contributed by atoms with Crippen molar-refractivity contribution in [3.63, 3.8) is 0 Å². The number of nitrogen functional groups attached to an aromatic ring is 1. The SMILES string of the molecule is CCN(C(=O)c1nonc1N)C1CCCCC1. The molecule has 0 aliphatic heterocycles. The molecule has 0 atom stereocenters. The van der Waals surface area contributed by atoms with E-state index in [1.165, 1.54) is 19.3 Å². The van der Waals surface area contributed by atoms with Crippen molar-refractivity contribution in [3.05, 3.63) is 5.69 Å². The van der Waals surface area contributed by atoms with E-state index < -0.39 is 0 Å². The van der Waals surface area contributed by atoms with Gasteiger partial charge < -0.3 is 10.6 Å². The summed E-state index contributed by atoms with van der Waals surface area (Å²) in [5.74, 6) is -0.0950. The van der Waals surface area contributed by atoms with Crippen molar-refractivity contribution in [1.82, 2.24) is 15.2 Å². The summed E-state index contributed by atoms with van der Waals surface area (Å²) in [6, 6.07) is 0.303. The fraction of sp³-hybridized carbons (Fsp3) is 0.727. The van der Waals surface area contributed by atoms with Crippen molar-refractivity contribution < 1.29 is 9.42 Å². The highest BCUT2D eigenvalue weighted by Gasteiger charge is 2.28. The number of hydrogen-bond acceptors (Lipinski definition) is 5. The molecular weight excluding hydrogens is 220 g/mol. The lowest BCUT2D eigenvalue weighted by Gasteiger charge is -2.32. The molecule has 0 aromatic carbocycles. The fourth-order valence-electron chi connectivity index (χ4n) is 2.44. The standard InChI is InChI=1S/C11H18N4O2/c1-2-15(8-6-4-3-5-7-8)11(16)9-10(12)14-17-13-9/h8H,2-7H2,1H3,(H2,12,14). The first-order chi connectivity index (χ1) is 8.24. The fourth-order valence-corrected chi connectivity index (χ4v) is 2.44. The number of nitrogens with two attached hydrogens (primary N) is 1. The quantitative estimate of drug-likeness (QED) is 0.861. The summed E-state index contributed by atoms with van der Waals surface area (Å²) >= 11 is 0. The summed E-state index contributed by atoms with van der Waals surface area (Å²) < 4.78 is 4.48. The van der Waals surface area contributed by atoms with Crippen molar-refractivity contribution in [2.45, 2.75) is 45.1 Å². The molecule has 6 heteroatoms. The molecule has 2 N–H and O–H groups in total. The van der Waals surface area contributed by atoms with Crippen LogP contribution in [0.1, 0.15) is 49.5 Å². The van der Waals surface area contributed by atoms with Crippen LogP contribution in [0.3, 0.4) is 0 Å². The van der Waals surface area contributed by atoms with Crippen molar-refractivity contribution in [2.24, 2.45) is 0 Å². The van der Waals surface area contributed by atoms with Gasteiger partial charge in [-0.1, -0.05) is 19.3 Å². The van der Waals surface area contributed by atoms with E-state index in [1.807, 2.05) is 11.8 Å². The monoisotopic (exact) mass is 238 g/mol. The second kappa shape index (κ2) is 5.16. The smallest absolute Gasteiger partial charge is 0.280 e. The van der Waals surface area contributed by atoms with E-state index in [0.717, 1.165) is 12.8 Å². The van der Waals surface area contributed by atoms with Crippen LogP contribution in [0.2, 0.25) is 0 Å². The van der Waals surface area contributed by atoms with E-state index in [-0.39, 0.29) is 17.4 Å². The molecule has 6 nitrogen and oxygen atoms in total. The number of amides is 1. The van der Waals surface area contributed by atoms with Gasteiger partial charge in [0.1, 0.15) is 0 Å². The molecule has 1 aromatic rings. The Morgan fingerprint density at radius 2 is 2.12 bits per heavy atom. The topological polar surface area (TPSA) is 85.2 Å². The Bertz CT molecular complexity index is 385. The summed E-state index contributed by atoms with van der Waals surface area (Å²) in [4.78, 5) is 14.1. The maximum absolute atomic E-state index is 12.2. The zero-order valence-electron chi connectivity index (χ0n) is 10.1. The average molecular weight is 238 g/mol. The van der Waals surface area contributed by atoms with Crippen molar-refractivity contribution in [1.29, 1.82) is 0 Å². The van der Waals surface area contributed by atoms with Gasteiger partial charge in [0, 0.05) is 12.6 Å². The zero-order chi connectivity index (χ0) is 12.3. The minimum absolute atomic E-state index is 0.0734. The Morgan fingerprint density at radius 3 is 2.65 bits per heavy atom.